The Morgan fingerprint density at radius 2 is 1.87 bits per heavy atom. The monoisotopic (exact) mass is 432 g/mol. The summed E-state index contributed by atoms with van der Waals surface area (Å²) < 4.78 is 6.40. The zero-order chi connectivity index (χ0) is 20.3. The summed E-state index contributed by atoms with van der Waals surface area (Å²) in [4.78, 5) is 22.2. The van der Waals surface area contributed by atoms with Crippen molar-refractivity contribution in [1.82, 2.24) is 15.1 Å². The fourth-order valence-corrected chi connectivity index (χ4v) is 4.62. The molecule has 0 unspecified atom stereocenters. The van der Waals surface area contributed by atoms with Crippen LogP contribution in [0, 0.1) is 0 Å². The van der Waals surface area contributed by atoms with Gasteiger partial charge < -0.3 is 9.84 Å². The largest absolute Gasteiger partial charge is 0.339 e. The van der Waals surface area contributed by atoms with Gasteiger partial charge in [-0.3, -0.25) is 4.79 Å². The first kappa shape index (κ1) is 18.7. The van der Waals surface area contributed by atoms with Crippen LogP contribution in [0.15, 0.2) is 70.6 Å². The number of fused-ring (bicyclic) bond motifs is 1. The summed E-state index contributed by atoms with van der Waals surface area (Å²) >= 11 is 3.20. The van der Waals surface area contributed by atoms with Gasteiger partial charge in [0, 0.05) is 24.1 Å². The van der Waals surface area contributed by atoms with E-state index in [-0.39, 0.29) is 12.3 Å². The van der Waals surface area contributed by atoms with E-state index >= 15 is 0 Å². The van der Waals surface area contributed by atoms with Crippen molar-refractivity contribution in [3.8, 4) is 21.3 Å². The molecule has 8 heteroatoms. The highest BCUT2D eigenvalue weighted by Gasteiger charge is 2.12. The van der Waals surface area contributed by atoms with Gasteiger partial charge in [0.05, 0.1) is 15.1 Å². The summed E-state index contributed by atoms with van der Waals surface area (Å²) in [7, 11) is 0. The van der Waals surface area contributed by atoms with E-state index in [1.807, 2.05) is 60.0 Å². The SMILES string of the molecule is O=C(CCc1nc(-c2cccs2)no1)Nc1ccc(-c2nc3ccccc3s2)cc1. The summed E-state index contributed by atoms with van der Waals surface area (Å²) in [5.74, 6) is 0.921. The summed E-state index contributed by atoms with van der Waals surface area (Å²) in [6.07, 6.45) is 0.666. The van der Waals surface area contributed by atoms with Crippen LogP contribution in [0.25, 0.3) is 31.5 Å². The second-order valence-electron chi connectivity index (χ2n) is 6.60. The van der Waals surface area contributed by atoms with Gasteiger partial charge in [-0.25, -0.2) is 4.98 Å². The van der Waals surface area contributed by atoms with E-state index in [1.54, 1.807) is 22.7 Å². The Morgan fingerprint density at radius 1 is 1.00 bits per heavy atom. The van der Waals surface area contributed by atoms with Crippen LogP contribution in [0.3, 0.4) is 0 Å². The van der Waals surface area contributed by atoms with Gasteiger partial charge in [0.1, 0.15) is 5.01 Å². The highest BCUT2D eigenvalue weighted by Crippen LogP contribution is 2.30. The molecule has 3 heterocycles. The summed E-state index contributed by atoms with van der Waals surface area (Å²) in [5, 5.41) is 9.79. The number of carbonyl (C=O) groups excluding carboxylic acids is 1. The number of thiophene rings is 1. The van der Waals surface area contributed by atoms with Crippen molar-refractivity contribution in [2.45, 2.75) is 12.8 Å². The van der Waals surface area contributed by atoms with Crippen LogP contribution in [0.5, 0.6) is 0 Å². The molecule has 2 aromatic carbocycles. The van der Waals surface area contributed by atoms with Gasteiger partial charge in [-0.2, -0.15) is 4.98 Å². The lowest BCUT2D eigenvalue weighted by atomic mass is 10.2. The van der Waals surface area contributed by atoms with E-state index in [0.29, 0.717) is 18.1 Å². The van der Waals surface area contributed by atoms with Gasteiger partial charge in [-0.1, -0.05) is 23.4 Å². The second-order valence-corrected chi connectivity index (χ2v) is 8.58. The van der Waals surface area contributed by atoms with E-state index < -0.39 is 0 Å². The minimum absolute atomic E-state index is 0.0985. The topological polar surface area (TPSA) is 80.9 Å². The molecule has 0 aliphatic rings. The number of nitrogens with one attached hydrogen (secondary N) is 1. The quantitative estimate of drug-likeness (QED) is 0.375. The number of hydrogen-bond acceptors (Lipinski definition) is 7. The molecule has 0 saturated heterocycles. The molecular formula is C22H16N4O2S2. The van der Waals surface area contributed by atoms with Gasteiger partial charge >= 0.3 is 0 Å². The molecule has 0 atom stereocenters. The highest BCUT2D eigenvalue weighted by atomic mass is 32.1. The Hall–Kier alpha value is -3.36. The maximum atomic E-state index is 12.3. The number of thiazole rings is 1. The number of nitrogens with zero attached hydrogens (tertiary/aromatic N) is 3. The maximum Gasteiger partial charge on any atom is 0.227 e. The van der Waals surface area contributed by atoms with E-state index in [4.69, 9.17) is 4.52 Å². The number of para-hydroxylation sites is 1. The molecule has 5 rings (SSSR count). The fourth-order valence-electron chi connectivity index (χ4n) is 3.00. The highest BCUT2D eigenvalue weighted by molar-refractivity contribution is 7.21. The van der Waals surface area contributed by atoms with Crippen LogP contribution in [0.2, 0.25) is 0 Å². The van der Waals surface area contributed by atoms with Gasteiger partial charge in [-0.05, 0) is 47.8 Å². The van der Waals surface area contributed by atoms with Crippen LogP contribution in [-0.2, 0) is 11.2 Å². The van der Waals surface area contributed by atoms with Gasteiger partial charge in [0.2, 0.25) is 17.6 Å². The molecule has 30 heavy (non-hydrogen) atoms. The second kappa shape index (κ2) is 8.17. The first-order valence-electron chi connectivity index (χ1n) is 9.37. The first-order valence-corrected chi connectivity index (χ1v) is 11.1. The molecule has 6 nitrogen and oxygen atoms in total. The summed E-state index contributed by atoms with van der Waals surface area (Å²) in [5.41, 5.74) is 2.77. The summed E-state index contributed by atoms with van der Waals surface area (Å²) in [6, 6.07) is 19.7. The molecule has 0 bridgehead atoms. The molecule has 3 aromatic heterocycles. The predicted molar refractivity (Wildman–Crippen MR) is 120 cm³/mol. The Balaban J connectivity index is 1.19. The van der Waals surface area contributed by atoms with Crippen LogP contribution < -0.4 is 5.32 Å². The van der Waals surface area contributed by atoms with Crippen molar-refractivity contribution in [3.63, 3.8) is 0 Å². The third kappa shape index (κ3) is 4.00. The number of aryl methyl sites for hydroxylation is 1. The van der Waals surface area contributed by atoms with Crippen molar-refractivity contribution in [2.75, 3.05) is 5.32 Å². The average molecular weight is 433 g/mol. The first-order chi connectivity index (χ1) is 14.7. The lowest BCUT2D eigenvalue weighted by molar-refractivity contribution is -0.116. The molecule has 148 valence electrons. The van der Waals surface area contributed by atoms with Crippen molar-refractivity contribution in [2.24, 2.45) is 0 Å². The zero-order valence-corrected chi connectivity index (χ0v) is 17.4. The number of anilines is 1. The van der Waals surface area contributed by atoms with Crippen molar-refractivity contribution in [3.05, 3.63) is 71.9 Å². The number of aromatic nitrogens is 3. The van der Waals surface area contributed by atoms with Crippen molar-refractivity contribution in [1.29, 1.82) is 0 Å². The number of rotatable bonds is 6. The minimum atomic E-state index is -0.0985. The zero-order valence-electron chi connectivity index (χ0n) is 15.7. The van der Waals surface area contributed by atoms with E-state index in [0.717, 1.165) is 31.4 Å². The molecule has 0 aliphatic heterocycles. The van der Waals surface area contributed by atoms with Crippen LogP contribution in [0.1, 0.15) is 12.3 Å². The minimum Gasteiger partial charge on any atom is -0.339 e. The van der Waals surface area contributed by atoms with Crippen LogP contribution in [-0.4, -0.2) is 21.0 Å². The summed E-state index contributed by atoms with van der Waals surface area (Å²) in [6.45, 7) is 0. The molecule has 0 fully saturated rings. The lowest BCUT2D eigenvalue weighted by Crippen LogP contribution is -2.12. The molecule has 5 aromatic rings. The Morgan fingerprint density at radius 3 is 2.67 bits per heavy atom. The third-order valence-electron chi connectivity index (χ3n) is 4.49. The molecule has 0 aliphatic carbocycles. The molecular weight excluding hydrogens is 416 g/mol. The van der Waals surface area contributed by atoms with E-state index in [2.05, 4.69) is 26.5 Å². The predicted octanol–water partition coefficient (Wildman–Crippen LogP) is 5.65. The molecule has 0 radical (unpaired) electrons. The molecule has 1 N–H and O–H groups in total. The Kier molecular flexibility index (Phi) is 5.08. The molecule has 0 saturated carbocycles. The molecule has 0 spiro atoms. The number of hydrogen-bond donors (Lipinski definition) is 1. The lowest BCUT2D eigenvalue weighted by Gasteiger charge is -2.05. The van der Waals surface area contributed by atoms with E-state index in [1.165, 1.54) is 0 Å². The number of benzene rings is 2. The average Bonchev–Trinajstić information content (AvgIpc) is 3.53. The van der Waals surface area contributed by atoms with Crippen molar-refractivity contribution >= 4 is 44.5 Å². The van der Waals surface area contributed by atoms with Gasteiger partial charge in [-0.15, -0.1) is 22.7 Å². The maximum absolute atomic E-state index is 12.3. The van der Waals surface area contributed by atoms with Crippen molar-refractivity contribution < 1.29 is 9.32 Å². The third-order valence-corrected chi connectivity index (χ3v) is 6.44. The number of amides is 1. The Bertz CT molecular complexity index is 1260. The fraction of sp³-hybridized carbons (Fsp3) is 0.0909. The number of carbonyl (C=O) groups is 1. The van der Waals surface area contributed by atoms with Crippen LogP contribution >= 0.6 is 22.7 Å². The van der Waals surface area contributed by atoms with Gasteiger partial charge in [0.25, 0.3) is 0 Å². The molecule has 1 amide bonds. The van der Waals surface area contributed by atoms with Crippen LogP contribution in [0.4, 0.5) is 5.69 Å². The normalized spacial score (nSPS) is 11.1. The van der Waals surface area contributed by atoms with E-state index in [9.17, 15) is 4.79 Å². The Labute approximate surface area is 180 Å². The smallest absolute Gasteiger partial charge is 0.227 e. The standard InChI is InChI=1S/C22H16N4O2S2/c27-19(11-12-20-25-21(26-28-20)18-6-3-13-29-18)23-15-9-7-14(8-10-15)22-24-16-4-1-2-5-17(16)30-22/h1-10,13H,11-12H2,(H,23,27). The van der Waals surface area contributed by atoms with Gasteiger partial charge in [0.15, 0.2) is 0 Å².